The SMILES string of the molecule is CC1OC(c2[nH]cc3c2CCCC3)O1. The molecule has 3 rings (SSSR count). The molecule has 1 aliphatic heterocycles. The van der Waals surface area contributed by atoms with Crippen molar-refractivity contribution in [2.24, 2.45) is 0 Å². The summed E-state index contributed by atoms with van der Waals surface area (Å²) in [4.78, 5) is 3.29. The van der Waals surface area contributed by atoms with Crippen LogP contribution < -0.4 is 0 Å². The summed E-state index contributed by atoms with van der Waals surface area (Å²) in [6, 6.07) is 0. The van der Waals surface area contributed by atoms with Crippen molar-refractivity contribution in [3.05, 3.63) is 23.0 Å². The molecule has 1 aliphatic carbocycles. The summed E-state index contributed by atoms with van der Waals surface area (Å²) in [5.41, 5.74) is 4.05. The Morgan fingerprint density at radius 1 is 1.29 bits per heavy atom. The minimum Gasteiger partial charge on any atom is -0.360 e. The van der Waals surface area contributed by atoms with Crippen molar-refractivity contribution in [2.75, 3.05) is 0 Å². The Kier molecular flexibility index (Phi) is 1.89. The average Bonchev–Trinajstić information content (AvgIpc) is 2.56. The van der Waals surface area contributed by atoms with Gasteiger partial charge in [0.25, 0.3) is 0 Å². The van der Waals surface area contributed by atoms with Crippen LogP contribution in [0.15, 0.2) is 6.20 Å². The van der Waals surface area contributed by atoms with Crippen molar-refractivity contribution < 1.29 is 9.47 Å². The normalized spacial score (nSPS) is 30.9. The van der Waals surface area contributed by atoms with Crippen molar-refractivity contribution >= 4 is 0 Å². The van der Waals surface area contributed by atoms with Crippen molar-refractivity contribution in [1.29, 1.82) is 0 Å². The summed E-state index contributed by atoms with van der Waals surface area (Å²) in [7, 11) is 0. The summed E-state index contributed by atoms with van der Waals surface area (Å²) < 4.78 is 11.0. The highest BCUT2D eigenvalue weighted by molar-refractivity contribution is 5.34. The van der Waals surface area contributed by atoms with Crippen LogP contribution >= 0.6 is 0 Å². The Bertz CT molecular complexity index is 339. The van der Waals surface area contributed by atoms with Gasteiger partial charge in [-0.05, 0) is 43.7 Å². The molecule has 1 N–H and O–H groups in total. The van der Waals surface area contributed by atoms with Gasteiger partial charge >= 0.3 is 0 Å². The van der Waals surface area contributed by atoms with Crippen molar-refractivity contribution in [3.63, 3.8) is 0 Å². The Labute approximate surface area is 83.4 Å². The molecule has 0 spiro atoms. The third kappa shape index (κ3) is 1.20. The van der Waals surface area contributed by atoms with Crippen molar-refractivity contribution in [3.8, 4) is 0 Å². The lowest BCUT2D eigenvalue weighted by Gasteiger charge is -2.34. The second kappa shape index (κ2) is 3.11. The molecule has 3 nitrogen and oxygen atoms in total. The number of aromatic amines is 1. The molecule has 0 saturated carbocycles. The van der Waals surface area contributed by atoms with Crippen LogP contribution in [0, 0.1) is 0 Å². The lowest BCUT2D eigenvalue weighted by Crippen LogP contribution is -2.32. The van der Waals surface area contributed by atoms with Crippen LogP contribution in [0.25, 0.3) is 0 Å². The number of aryl methyl sites for hydroxylation is 1. The van der Waals surface area contributed by atoms with Crippen molar-refractivity contribution in [2.45, 2.75) is 45.2 Å². The highest BCUT2D eigenvalue weighted by atomic mass is 16.9. The fraction of sp³-hybridized carbons (Fsp3) is 0.636. The number of rotatable bonds is 1. The Morgan fingerprint density at radius 2 is 2.07 bits per heavy atom. The van der Waals surface area contributed by atoms with E-state index in [-0.39, 0.29) is 12.6 Å². The Hall–Kier alpha value is -0.800. The predicted octanol–water partition coefficient (Wildman–Crippen LogP) is 2.28. The molecule has 0 atom stereocenters. The van der Waals surface area contributed by atoms with E-state index in [1.54, 1.807) is 0 Å². The van der Waals surface area contributed by atoms with Gasteiger partial charge in [0.15, 0.2) is 6.29 Å². The van der Waals surface area contributed by atoms with Crippen LogP contribution in [0.5, 0.6) is 0 Å². The molecule has 0 bridgehead atoms. The molecule has 76 valence electrons. The smallest absolute Gasteiger partial charge is 0.204 e. The molecule has 0 aromatic carbocycles. The average molecular weight is 193 g/mol. The quantitative estimate of drug-likeness (QED) is 0.742. The molecule has 1 aromatic heterocycles. The molecule has 1 aromatic rings. The van der Waals surface area contributed by atoms with E-state index in [2.05, 4.69) is 11.2 Å². The zero-order valence-corrected chi connectivity index (χ0v) is 8.38. The van der Waals surface area contributed by atoms with Gasteiger partial charge in [0.1, 0.15) is 0 Å². The monoisotopic (exact) mass is 193 g/mol. The maximum absolute atomic E-state index is 5.50. The van der Waals surface area contributed by atoms with Crippen LogP contribution in [-0.2, 0) is 22.3 Å². The van der Waals surface area contributed by atoms with Crippen LogP contribution in [0.2, 0.25) is 0 Å². The van der Waals surface area contributed by atoms with E-state index < -0.39 is 0 Å². The van der Waals surface area contributed by atoms with E-state index in [0.29, 0.717) is 0 Å². The van der Waals surface area contributed by atoms with Crippen LogP contribution in [-0.4, -0.2) is 11.3 Å². The molecule has 0 amide bonds. The summed E-state index contributed by atoms with van der Waals surface area (Å²) in [5.74, 6) is 0. The molecular formula is C11H15NO2. The molecule has 1 saturated heterocycles. The molecule has 1 fully saturated rings. The van der Waals surface area contributed by atoms with Crippen molar-refractivity contribution in [1.82, 2.24) is 4.98 Å². The number of H-pyrrole nitrogens is 1. The van der Waals surface area contributed by atoms with E-state index in [1.807, 2.05) is 6.92 Å². The largest absolute Gasteiger partial charge is 0.360 e. The molecule has 2 heterocycles. The number of ether oxygens (including phenoxy) is 2. The fourth-order valence-electron chi connectivity index (χ4n) is 2.35. The summed E-state index contributed by atoms with van der Waals surface area (Å²) >= 11 is 0. The highest BCUT2D eigenvalue weighted by Gasteiger charge is 2.32. The first-order valence-corrected chi connectivity index (χ1v) is 5.34. The van der Waals surface area contributed by atoms with Gasteiger partial charge < -0.3 is 14.5 Å². The first kappa shape index (κ1) is 8.50. The maximum Gasteiger partial charge on any atom is 0.204 e. The van der Waals surface area contributed by atoms with Gasteiger partial charge in [0.2, 0.25) is 6.29 Å². The van der Waals surface area contributed by atoms with E-state index >= 15 is 0 Å². The zero-order valence-electron chi connectivity index (χ0n) is 8.38. The van der Waals surface area contributed by atoms with Gasteiger partial charge in [-0.25, -0.2) is 0 Å². The van der Waals surface area contributed by atoms with Gasteiger partial charge in [-0.3, -0.25) is 0 Å². The maximum atomic E-state index is 5.50. The van der Waals surface area contributed by atoms with Gasteiger partial charge in [0.05, 0.1) is 5.69 Å². The number of nitrogens with one attached hydrogen (secondary N) is 1. The molecule has 14 heavy (non-hydrogen) atoms. The molecule has 3 heteroatoms. The van der Waals surface area contributed by atoms with Crippen LogP contribution in [0.3, 0.4) is 0 Å². The van der Waals surface area contributed by atoms with E-state index in [1.165, 1.54) is 36.8 Å². The second-order valence-corrected chi connectivity index (χ2v) is 4.08. The summed E-state index contributed by atoms with van der Waals surface area (Å²) in [6.45, 7) is 1.92. The lowest BCUT2D eigenvalue weighted by atomic mass is 9.93. The highest BCUT2D eigenvalue weighted by Crippen LogP contribution is 2.36. The van der Waals surface area contributed by atoms with Gasteiger partial charge in [0, 0.05) is 6.20 Å². The topological polar surface area (TPSA) is 34.2 Å². The molecule has 0 radical (unpaired) electrons. The Balaban J connectivity index is 1.87. The third-order valence-electron chi connectivity index (χ3n) is 3.10. The third-order valence-corrected chi connectivity index (χ3v) is 3.10. The minimum atomic E-state index is -0.133. The predicted molar refractivity (Wildman–Crippen MR) is 51.8 cm³/mol. The lowest BCUT2D eigenvalue weighted by molar-refractivity contribution is -0.384. The van der Waals surface area contributed by atoms with Gasteiger partial charge in [-0.15, -0.1) is 0 Å². The Morgan fingerprint density at radius 3 is 2.86 bits per heavy atom. The number of aromatic nitrogens is 1. The number of fused-ring (bicyclic) bond motifs is 1. The molecule has 0 unspecified atom stereocenters. The number of hydrogen-bond donors (Lipinski definition) is 1. The van der Waals surface area contributed by atoms with E-state index in [4.69, 9.17) is 9.47 Å². The summed E-state index contributed by atoms with van der Waals surface area (Å²) in [6.07, 6.45) is 6.92. The first-order chi connectivity index (χ1) is 6.84. The first-order valence-electron chi connectivity index (χ1n) is 5.34. The fourth-order valence-corrected chi connectivity index (χ4v) is 2.35. The van der Waals surface area contributed by atoms with Gasteiger partial charge in [-0.1, -0.05) is 0 Å². The van der Waals surface area contributed by atoms with E-state index in [0.717, 1.165) is 5.69 Å². The van der Waals surface area contributed by atoms with E-state index in [9.17, 15) is 0 Å². The standard InChI is InChI=1S/C11H15NO2/c1-7-13-11(14-7)10-9-5-3-2-4-8(9)6-12-10/h6-7,11-12H,2-5H2,1H3. The van der Waals surface area contributed by atoms with Crippen LogP contribution in [0.4, 0.5) is 0 Å². The van der Waals surface area contributed by atoms with Crippen LogP contribution in [0.1, 0.15) is 42.9 Å². The molecular weight excluding hydrogens is 178 g/mol. The molecule has 2 aliphatic rings. The minimum absolute atomic E-state index is 0.0393. The number of hydrogen-bond acceptors (Lipinski definition) is 2. The zero-order chi connectivity index (χ0) is 9.54. The second-order valence-electron chi connectivity index (χ2n) is 4.08. The summed E-state index contributed by atoms with van der Waals surface area (Å²) in [5, 5.41) is 0. The van der Waals surface area contributed by atoms with Gasteiger partial charge in [-0.2, -0.15) is 0 Å².